The Morgan fingerprint density at radius 1 is 1.38 bits per heavy atom. The van der Waals surface area contributed by atoms with Crippen molar-refractivity contribution in [2.45, 2.75) is 31.5 Å². The van der Waals surface area contributed by atoms with Gasteiger partial charge in [0.2, 0.25) is 0 Å². The maximum Gasteiger partial charge on any atom is 0.417 e. The molecule has 2 unspecified atom stereocenters. The van der Waals surface area contributed by atoms with E-state index in [2.05, 4.69) is 21.2 Å². The Bertz CT molecular complexity index is 535. The Morgan fingerprint density at radius 2 is 2.10 bits per heavy atom. The normalized spacial score (nSPS) is 22.3. The zero-order chi connectivity index (χ0) is 15.6. The molecule has 0 heterocycles. The summed E-state index contributed by atoms with van der Waals surface area (Å²) in [5.74, 6) is 0.141. The van der Waals surface area contributed by atoms with Crippen molar-refractivity contribution in [1.29, 1.82) is 0 Å². The van der Waals surface area contributed by atoms with E-state index in [9.17, 15) is 18.0 Å². The lowest BCUT2D eigenvalue weighted by molar-refractivity contribution is -0.138. The van der Waals surface area contributed by atoms with Gasteiger partial charge in [-0.25, -0.2) is 0 Å². The number of alkyl halides is 4. The lowest BCUT2D eigenvalue weighted by atomic mass is 10.0. The molecule has 1 N–H and O–H groups in total. The average Bonchev–Trinajstić information content (AvgIpc) is 2.85. The molecule has 0 aliphatic heterocycles. The molecule has 2 rings (SSSR count). The molecule has 1 aliphatic carbocycles. The molecule has 1 fully saturated rings. The summed E-state index contributed by atoms with van der Waals surface area (Å²) in [6, 6.07) is 3.42. The molecule has 1 aromatic rings. The average molecular weight is 385 g/mol. The monoisotopic (exact) mass is 383 g/mol. The third-order valence-electron chi connectivity index (χ3n) is 3.71. The number of hydrogen-bond donors (Lipinski definition) is 1. The second-order valence-electron chi connectivity index (χ2n) is 5.12. The van der Waals surface area contributed by atoms with E-state index in [0.29, 0.717) is 5.88 Å². The largest absolute Gasteiger partial charge is 0.417 e. The highest BCUT2D eigenvalue weighted by molar-refractivity contribution is 9.10. The van der Waals surface area contributed by atoms with Crippen molar-refractivity contribution >= 4 is 33.4 Å². The molecule has 0 bridgehead atoms. The van der Waals surface area contributed by atoms with Crippen LogP contribution in [0.15, 0.2) is 22.7 Å². The van der Waals surface area contributed by atoms with E-state index in [4.69, 9.17) is 11.6 Å². The Morgan fingerprint density at radius 3 is 2.71 bits per heavy atom. The summed E-state index contributed by atoms with van der Waals surface area (Å²) in [7, 11) is 0. The first-order chi connectivity index (χ1) is 9.82. The second kappa shape index (κ2) is 6.57. The van der Waals surface area contributed by atoms with Gasteiger partial charge in [-0.05, 0) is 37.0 Å². The predicted octanol–water partition coefficient (Wildman–Crippen LogP) is 4.61. The topological polar surface area (TPSA) is 29.1 Å². The summed E-state index contributed by atoms with van der Waals surface area (Å²) >= 11 is 8.69. The number of carbonyl (C=O) groups excluding carboxylic acids is 1. The first-order valence-electron chi connectivity index (χ1n) is 6.56. The summed E-state index contributed by atoms with van der Waals surface area (Å²) in [6.07, 6.45) is -1.79. The highest BCUT2D eigenvalue weighted by atomic mass is 79.9. The number of halogens is 5. The molecule has 1 amide bonds. The van der Waals surface area contributed by atoms with Crippen LogP contribution in [0.4, 0.5) is 13.2 Å². The molecule has 7 heteroatoms. The van der Waals surface area contributed by atoms with Crippen LogP contribution < -0.4 is 5.32 Å². The van der Waals surface area contributed by atoms with Gasteiger partial charge in [0.25, 0.3) is 5.91 Å². The van der Waals surface area contributed by atoms with Crippen molar-refractivity contribution < 1.29 is 18.0 Å². The summed E-state index contributed by atoms with van der Waals surface area (Å²) in [4.78, 5) is 12.1. The van der Waals surface area contributed by atoms with Gasteiger partial charge in [-0.3, -0.25) is 4.79 Å². The molecule has 2 atom stereocenters. The molecular weight excluding hydrogens is 371 g/mol. The van der Waals surface area contributed by atoms with Crippen LogP contribution in [0.5, 0.6) is 0 Å². The van der Waals surface area contributed by atoms with Crippen LogP contribution in [0, 0.1) is 5.92 Å². The Balaban J connectivity index is 2.16. The second-order valence-corrected chi connectivity index (χ2v) is 6.28. The van der Waals surface area contributed by atoms with Gasteiger partial charge in [0, 0.05) is 22.0 Å². The van der Waals surface area contributed by atoms with Gasteiger partial charge in [-0.15, -0.1) is 11.6 Å². The standard InChI is InChI=1S/C14H14BrClF3NO/c15-11-5-4-8(6-10(11)14(17,18)19)13(21)20-12-3-1-2-9(12)7-16/h4-6,9,12H,1-3,7H2,(H,20,21). The van der Waals surface area contributed by atoms with Crippen LogP contribution in [0.25, 0.3) is 0 Å². The molecule has 0 radical (unpaired) electrons. The molecule has 116 valence electrons. The van der Waals surface area contributed by atoms with Gasteiger partial charge < -0.3 is 5.32 Å². The van der Waals surface area contributed by atoms with Gasteiger partial charge in [0.05, 0.1) is 5.56 Å². The number of rotatable bonds is 3. The van der Waals surface area contributed by atoms with Crippen molar-refractivity contribution in [2.75, 3.05) is 5.88 Å². The minimum atomic E-state index is -4.50. The first-order valence-corrected chi connectivity index (χ1v) is 7.89. The van der Waals surface area contributed by atoms with E-state index in [-0.39, 0.29) is 22.0 Å². The molecular formula is C14H14BrClF3NO. The minimum Gasteiger partial charge on any atom is -0.349 e. The van der Waals surface area contributed by atoms with Gasteiger partial charge in [-0.1, -0.05) is 22.4 Å². The van der Waals surface area contributed by atoms with E-state index in [1.807, 2.05) is 0 Å². The fourth-order valence-electron chi connectivity index (χ4n) is 2.55. The number of hydrogen-bond acceptors (Lipinski definition) is 1. The highest BCUT2D eigenvalue weighted by Gasteiger charge is 2.34. The zero-order valence-electron chi connectivity index (χ0n) is 11.0. The molecule has 0 spiro atoms. The van der Waals surface area contributed by atoms with Crippen molar-refractivity contribution in [2.24, 2.45) is 5.92 Å². The molecule has 1 aliphatic rings. The lowest BCUT2D eigenvalue weighted by Crippen LogP contribution is -2.38. The highest BCUT2D eigenvalue weighted by Crippen LogP contribution is 2.35. The van der Waals surface area contributed by atoms with Crippen LogP contribution in [0.3, 0.4) is 0 Å². The van der Waals surface area contributed by atoms with Gasteiger partial charge in [0.1, 0.15) is 0 Å². The maximum absolute atomic E-state index is 12.8. The summed E-state index contributed by atoms with van der Waals surface area (Å²) in [6.45, 7) is 0. The molecule has 2 nitrogen and oxygen atoms in total. The van der Waals surface area contributed by atoms with Gasteiger partial charge in [0.15, 0.2) is 0 Å². The van der Waals surface area contributed by atoms with Crippen molar-refractivity contribution in [3.63, 3.8) is 0 Å². The van der Waals surface area contributed by atoms with Crippen molar-refractivity contribution in [3.8, 4) is 0 Å². The molecule has 1 saturated carbocycles. The number of nitrogens with one attached hydrogen (secondary N) is 1. The molecule has 0 aromatic heterocycles. The Kier molecular flexibility index (Phi) is 5.20. The minimum absolute atomic E-state index is 0.00532. The smallest absolute Gasteiger partial charge is 0.349 e. The molecule has 0 saturated heterocycles. The number of benzene rings is 1. The van der Waals surface area contributed by atoms with E-state index in [0.717, 1.165) is 25.3 Å². The number of carbonyl (C=O) groups is 1. The molecule has 1 aromatic carbocycles. The Hall–Kier alpha value is -0.750. The lowest BCUT2D eigenvalue weighted by Gasteiger charge is -2.19. The van der Waals surface area contributed by atoms with E-state index in [1.165, 1.54) is 12.1 Å². The predicted molar refractivity (Wildman–Crippen MR) is 78.5 cm³/mol. The van der Waals surface area contributed by atoms with Crippen molar-refractivity contribution in [1.82, 2.24) is 5.32 Å². The fraction of sp³-hybridized carbons (Fsp3) is 0.500. The van der Waals surface area contributed by atoms with Gasteiger partial charge >= 0.3 is 6.18 Å². The third-order valence-corrected chi connectivity index (χ3v) is 4.80. The van der Waals surface area contributed by atoms with Crippen LogP contribution in [-0.4, -0.2) is 17.8 Å². The zero-order valence-corrected chi connectivity index (χ0v) is 13.4. The van der Waals surface area contributed by atoms with E-state index in [1.54, 1.807) is 0 Å². The van der Waals surface area contributed by atoms with Crippen LogP contribution in [0.1, 0.15) is 35.2 Å². The van der Waals surface area contributed by atoms with E-state index < -0.39 is 17.6 Å². The van der Waals surface area contributed by atoms with Crippen molar-refractivity contribution in [3.05, 3.63) is 33.8 Å². The number of amides is 1. The van der Waals surface area contributed by atoms with Crippen LogP contribution in [-0.2, 0) is 6.18 Å². The van der Waals surface area contributed by atoms with Crippen LogP contribution >= 0.6 is 27.5 Å². The summed E-state index contributed by atoms with van der Waals surface area (Å²) in [5, 5.41) is 2.79. The Labute approximate surface area is 134 Å². The SMILES string of the molecule is O=C(NC1CCCC1CCl)c1ccc(Br)c(C(F)(F)F)c1. The fourth-order valence-corrected chi connectivity index (χ4v) is 3.39. The third kappa shape index (κ3) is 3.92. The van der Waals surface area contributed by atoms with E-state index >= 15 is 0 Å². The maximum atomic E-state index is 12.8. The molecule has 21 heavy (non-hydrogen) atoms. The summed E-state index contributed by atoms with van der Waals surface area (Å²) in [5.41, 5.74) is -0.846. The summed E-state index contributed by atoms with van der Waals surface area (Å²) < 4.78 is 38.4. The van der Waals surface area contributed by atoms with Crippen LogP contribution in [0.2, 0.25) is 0 Å². The quantitative estimate of drug-likeness (QED) is 0.758. The van der Waals surface area contributed by atoms with Gasteiger partial charge in [-0.2, -0.15) is 13.2 Å². The first kappa shape index (κ1) is 16.6.